The minimum Gasteiger partial charge on any atom is -0.456 e. The van der Waals surface area contributed by atoms with Crippen molar-refractivity contribution in [3.8, 4) is 45.3 Å². The summed E-state index contributed by atoms with van der Waals surface area (Å²) in [6, 6.07) is 51.0. The third-order valence-corrected chi connectivity index (χ3v) is 9.99. The van der Waals surface area contributed by atoms with Crippen molar-refractivity contribution in [2.24, 2.45) is 0 Å². The molecule has 0 bridgehead atoms. The molecule has 0 saturated heterocycles. The second kappa shape index (κ2) is 12.0. The van der Waals surface area contributed by atoms with Crippen molar-refractivity contribution in [2.45, 2.75) is 12.8 Å². The van der Waals surface area contributed by atoms with Gasteiger partial charge in [-0.05, 0) is 87.0 Å². The second-order valence-corrected chi connectivity index (χ2v) is 13.2. The maximum absolute atomic E-state index is 6.41. The van der Waals surface area contributed by atoms with Crippen LogP contribution in [0.15, 0.2) is 168 Å². The summed E-state index contributed by atoms with van der Waals surface area (Å²) in [4.78, 5) is 15.4. The van der Waals surface area contributed by atoms with Gasteiger partial charge in [0.1, 0.15) is 11.2 Å². The van der Waals surface area contributed by atoms with Crippen molar-refractivity contribution in [1.82, 2.24) is 15.0 Å². The quantitative estimate of drug-likeness (QED) is 0.185. The molecule has 0 fully saturated rings. The van der Waals surface area contributed by atoms with Crippen LogP contribution < -0.4 is 0 Å². The number of allylic oxidation sites excluding steroid dienone is 4. The monoisotopic (exact) mass is 653 g/mol. The number of fused-ring (bicyclic) bond motifs is 5. The molecule has 0 radical (unpaired) electrons. The standard InChI is InChI=1S/C47H31N3O/c1-2-9-30(10-3-1)38-25-26-42-41(29-38)44-40(15-8-16-43(44)51-42)47-49-45(48-46(50-47)39-24-20-32-12-5-7-14-36(32)28-39)34-21-17-33(18-22-34)37-23-19-31-11-4-6-13-35(31)27-37/h1-2,4-9,11-29H,3,10H2. The summed E-state index contributed by atoms with van der Waals surface area (Å²) >= 11 is 0. The summed E-state index contributed by atoms with van der Waals surface area (Å²) in [7, 11) is 0. The van der Waals surface area contributed by atoms with Gasteiger partial charge in [0.25, 0.3) is 0 Å². The Hall–Kier alpha value is -6.65. The largest absolute Gasteiger partial charge is 0.456 e. The van der Waals surface area contributed by atoms with Crippen LogP contribution in [0.1, 0.15) is 18.4 Å². The molecule has 51 heavy (non-hydrogen) atoms. The van der Waals surface area contributed by atoms with Crippen LogP contribution in [-0.4, -0.2) is 15.0 Å². The van der Waals surface area contributed by atoms with E-state index >= 15 is 0 Å². The number of benzene rings is 7. The van der Waals surface area contributed by atoms with Gasteiger partial charge in [-0.2, -0.15) is 0 Å². The maximum atomic E-state index is 6.41. The molecule has 1 aliphatic rings. The average molecular weight is 654 g/mol. The van der Waals surface area contributed by atoms with Crippen LogP contribution in [-0.2, 0) is 0 Å². The topological polar surface area (TPSA) is 51.8 Å². The maximum Gasteiger partial charge on any atom is 0.164 e. The Morgan fingerprint density at radius 1 is 0.451 bits per heavy atom. The first-order valence-corrected chi connectivity index (χ1v) is 17.4. The number of hydrogen-bond donors (Lipinski definition) is 0. The van der Waals surface area contributed by atoms with E-state index in [1.54, 1.807) is 0 Å². The van der Waals surface area contributed by atoms with Crippen LogP contribution in [0.25, 0.3) is 94.3 Å². The highest BCUT2D eigenvalue weighted by Gasteiger charge is 2.19. The molecule has 0 N–H and O–H groups in total. The Labute approximate surface area is 295 Å². The average Bonchev–Trinajstić information content (AvgIpc) is 3.59. The fraction of sp³-hybridized carbons (Fsp3) is 0.0426. The van der Waals surface area contributed by atoms with Crippen LogP contribution >= 0.6 is 0 Å². The number of nitrogens with zero attached hydrogens (tertiary/aromatic N) is 3. The van der Waals surface area contributed by atoms with E-state index < -0.39 is 0 Å². The fourth-order valence-electron chi connectivity index (χ4n) is 7.32. The predicted molar refractivity (Wildman–Crippen MR) is 210 cm³/mol. The molecule has 7 aromatic carbocycles. The fourth-order valence-corrected chi connectivity index (χ4v) is 7.32. The van der Waals surface area contributed by atoms with Crippen molar-refractivity contribution in [3.05, 3.63) is 169 Å². The Morgan fingerprint density at radius 2 is 1.08 bits per heavy atom. The molecule has 0 aliphatic heterocycles. The Morgan fingerprint density at radius 3 is 1.82 bits per heavy atom. The van der Waals surface area contributed by atoms with Gasteiger partial charge in [-0.3, -0.25) is 0 Å². The molecule has 4 nitrogen and oxygen atoms in total. The molecule has 0 spiro atoms. The number of rotatable bonds is 5. The van der Waals surface area contributed by atoms with Gasteiger partial charge < -0.3 is 4.42 Å². The summed E-state index contributed by atoms with van der Waals surface area (Å²) in [6.07, 6.45) is 8.66. The zero-order chi connectivity index (χ0) is 33.7. The third-order valence-electron chi connectivity index (χ3n) is 9.99. The van der Waals surface area contributed by atoms with Gasteiger partial charge in [-0.15, -0.1) is 0 Å². The van der Waals surface area contributed by atoms with Crippen LogP contribution in [0.2, 0.25) is 0 Å². The number of hydrogen-bond acceptors (Lipinski definition) is 4. The molecule has 1 aliphatic carbocycles. The van der Waals surface area contributed by atoms with Gasteiger partial charge in [0.05, 0.1) is 0 Å². The minimum absolute atomic E-state index is 0.611. The van der Waals surface area contributed by atoms with E-state index in [9.17, 15) is 0 Å². The molecule has 9 aromatic rings. The summed E-state index contributed by atoms with van der Waals surface area (Å²) < 4.78 is 6.41. The van der Waals surface area contributed by atoms with Crippen molar-refractivity contribution in [3.63, 3.8) is 0 Å². The lowest BCUT2D eigenvalue weighted by Crippen LogP contribution is -2.00. The zero-order valence-electron chi connectivity index (χ0n) is 27.8. The molecule has 0 saturated carbocycles. The molecular formula is C47H31N3O. The van der Waals surface area contributed by atoms with E-state index in [0.29, 0.717) is 17.5 Å². The van der Waals surface area contributed by atoms with Gasteiger partial charge in [0, 0.05) is 27.5 Å². The van der Waals surface area contributed by atoms with E-state index in [-0.39, 0.29) is 0 Å². The lowest BCUT2D eigenvalue weighted by molar-refractivity contribution is 0.669. The molecule has 0 unspecified atom stereocenters. The number of furan rings is 1. The van der Waals surface area contributed by atoms with Crippen molar-refractivity contribution in [2.75, 3.05) is 0 Å². The summed E-state index contributed by atoms with van der Waals surface area (Å²) in [5, 5.41) is 6.84. The second-order valence-electron chi connectivity index (χ2n) is 13.2. The molecule has 2 aromatic heterocycles. The van der Waals surface area contributed by atoms with Crippen LogP contribution in [0.3, 0.4) is 0 Å². The Bertz CT molecular complexity index is 2860. The summed E-state index contributed by atoms with van der Waals surface area (Å²) in [6.45, 7) is 0. The lowest BCUT2D eigenvalue weighted by atomic mass is 9.95. The SMILES string of the molecule is C1=CCCC(c2ccc3oc4cccc(-c5nc(-c6ccc(-c7ccc8ccccc8c7)cc6)nc(-c6ccc7ccccc7c6)n5)c4c3c2)=C1. The first-order chi connectivity index (χ1) is 25.2. The Kier molecular flexibility index (Phi) is 6.91. The lowest BCUT2D eigenvalue weighted by Gasteiger charge is -2.11. The van der Waals surface area contributed by atoms with Crippen LogP contribution in [0.5, 0.6) is 0 Å². The van der Waals surface area contributed by atoms with Gasteiger partial charge in [0.2, 0.25) is 0 Å². The van der Waals surface area contributed by atoms with Crippen LogP contribution in [0, 0.1) is 0 Å². The van der Waals surface area contributed by atoms with E-state index in [1.807, 2.05) is 12.1 Å². The first kappa shape index (κ1) is 29.3. The molecule has 10 rings (SSSR count). The van der Waals surface area contributed by atoms with Crippen LogP contribution in [0.4, 0.5) is 0 Å². The van der Waals surface area contributed by atoms with Gasteiger partial charge >= 0.3 is 0 Å². The molecule has 240 valence electrons. The normalized spacial score (nSPS) is 13.0. The zero-order valence-corrected chi connectivity index (χ0v) is 27.8. The summed E-state index contributed by atoms with van der Waals surface area (Å²) in [5.41, 5.74) is 9.30. The van der Waals surface area contributed by atoms with E-state index in [1.165, 1.54) is 32.9 Å². The first-order valence-electron chi connectivity index (χ1n) is 17.4. The molecular weight excluding hydrogens is 623 g/mol. The van der Waals surface area contributed by atoms with E-state index in [4.69, 9.17) is 19.4 Å². The van der Waals surface area contributed by atoms with Crippen molar-refractivity contribution in [1.29, 1.82) is 0 Å². The highest BCUT2D eigenvalue weighted by molar-refractivity contribution is 6.12. The minimum atomic E-state index is 0.611. The molecule has 4 heteroatoms. The number of aromatic nitrogens is 3. The third kappa shape index (κ3) is 5.29. The van der Waals surface area contributed by atoms with Gasteiger partial charge in [-0.25, -0.2) is 15.0 Å². The molecule has 0 amide bonds. The van der Waals surface area contributed by atoms with Gasteiger partial charge in [-0.1, -0.05) is 133 Å². The van der Waals surface area contributed by atoms with Gasteiger partial charge in [0.15, 0.2) is 17.5 Å². The molecule has 2 heterocycles. The predicted octanol–water partition coefficient (Wildman–Crippen LogP) is 12.5. The van der Waals surface area contributed by atoms with E-state index in [0.717, 1.165) is 62.4 Å². The van der Waals surface area contributed by atoms with E-state index in [2.05, 4.69) is 152 Å². The summed E-state index contributed by atoms with van der Waals surface area (Å²) in [5.74, 6) is 1.86. The Balaban J connectivity index is 1.14. The highest BCUT2D eigenvalue weighted by atomic mass is 16.3. The van der Waals surface area contributed by atoms with Crippen molar-refractivity contribution >= 4 is 49.1 Å². The smallest absolute Gasteiger partial charge is 0.164 e. The van der Waals surface area contributed by atoms with Crippen molar-refractivity contribution < 1.29 is 4.42 Å². The molecule has 0 atom stereocenters. The highest BCUT2D eigenvalue weighted by Crippen LogP contribution is 2.39.